The molecule has 1 aromatic heterocycles. The number of nitrogens with two attached hydrogens (primary N) is 1. The van der Waals surface area contributed by atoms with Crippen molar-refractivity contribution < 1.29 is 9.47 Å². The van der Waals surface area contributed by atoms with Crippen LogP contribution >= 0.6 is 0 Å². The summed E-state index contributed by atoms with van der Waals surface area (Å²) >= 11 is 0. The van der Waals surface area contributed by atoms with E-state index >= 15 is 0 Å². The minimum absolute atomic E-state index is 0.202. The van der Waals surface area contributed by atoms with Gasteiger partial charge in [0.25, 0.3) is 5.56 Å². The molecule has 0 atom stereocenters. The first-order valence-corrected chi connectivity index (χ1v) is 4.99. The Hall–Kier alpha value is -2.50. The molecular formula is C11H9N3O3. The standard InChI is InChI=1S/C11H9N3O3/c12-10-4-7(11(15)14-13-10)6-1-2-8-9(3-6)17-5-16-8/h1-4H,5H2,(H2,12,13)(H,14,15). The molecule has 0 unspecified atom stereocenters. The fraction of sp³-hybridized carbons (Fsp3) is 0.0909. The lowest BCUT2D eigenvalue weighted by atomic mass is 10.1. The number of hydrogen-bond acceptors (Lipinski definition) is 5. The third-order valence-electron chi connectivity index (χ3n) is 2.51. The van der Waals surface area contributed by atoms with E-state index in [2.05, 4.69) is 10.2 Å². The first-order valence-electron chi connectivity index (χ1n) is 4.99. The summed E-state index contributed by atoms with van der Waals surface area (Å²) in [6.07, 6.45) is 0. The van der Waals surface area contributed by atoms with Gasteiger partial charge in [0.1, 0.15) is 5.82 Å². The van der Waals surface area contributed by atoms with Gasteiger partial charge in [0.2, 0.25) is 6.79 Å². The number of aromatic nitrogens is 2. The molecule has 3 rings (SSSR count). The summed E-state index contributed by atoms with van der Waals surface area (Å²) in [6.45, 7) is 0.202. The zero-order valence-electron chi connectivity index (χ0n) is 8.77. The van der Waals surface area contributed by atoms with E-state index in [4.69, 9.17) is 15.2 Å². The number of nitrogens with one attached hydrogen (secondary N) is 1. The van der Waals surface area contributed by atoms with Crippen LogP contribution in [0.1, 0.15) is 0 Å². The summed E-state index contributed by atoms with van der Waals surface area (Å²) in [4.78, 5) is 11.6. The van der Waals surface area contributed by atoms with Crippen molar-refractivity contribution in [3.05, 3.63) is 34.6 Å². The maximum atomic E-state index is 11.6. The second-order valence-corrected chi connectivity index (χ2v) is 3.60. The lowest BCUT2D eigenvalue weighted by Crippen LogP contribution is -2.12. The second-order valence-electron chi connectivity index (χ2n) is 3.60. The van der Waals surface area contributed by atoms with Crippen LogP contribution in [0.3, 0.4) is 0 Å². The van der Waals surface area contributed by atoms with Crippen LogP contribution in [-0.2, 0) is 0 Å². The highest BCUT2D eigenvalue weighted by molar-refractivity contribution is 5.68. The van der Waals surface area contributed by atoms with Crippen LogP contribution in [0.25, 0.3) is 11.1 Å². The Bertz CT molecular complexity index is 636. The van der Waals surface area contributed by atoms with E-state index in [1.54, 1.807) is 18.2 Å². The first-order chi connectivity index (χ1) is 8.24. The van der Waals surface area contributed by atoms with Gasteiger partial charge >= 0.3 is 0 Å². The van der Waals surface area contributed by atoms with Crippen LogP contribution in [0.5, 0.6) is 11.5 Å². The second kappa shape index (κ2) is 3.51. The van der Waals surface area contributed by atoms with E-state index < -0.39 is 0 Å². The van der Waals surface area contributed by atoms with E-state index in [0.717, 1.165) is 0 Å². The summed E-state index contributed by atoms with van der Waals surface area (Å²) < 4.78 is 10.4. The summed E-state index contributed by atoms with van der Waals surface area (Å²) in [5, 5.41) is 5.95. The molecule has 0 fully saturated rings. The van der Waals surface area contributed by atoms with Gasteiger partial charge in [-0.05, 0) is 23.8 Å². The van der Waals surface area contributed by atoms with Crippen molar-refractivity contribution in [2.75, 3.05) is 12.5 Å². The Morgan fingerprint density at radius 3 is 2.94 bits per heavy atom. The van der Waals surface area contributed by atoms with Gasteiger partial charge in [-0.15, -0.1) is 0 Å². The van der Waals surface area contributed by atoms with Gasteiger partial charge in [-0.25, -0.2) is 5.10 Å². The van der Waals surface area contributed by atoms with Gasteiger partial charge in [-0.1, -0.05) is 6.07 Å². The summed E-state index contributed by atoms with van der Waals surface area (Å²) in [5.74, 6) is 1.56. The normalized spacial score (nSPS) is 12.7. The number of fused-ring (bicyclic) bond motifs is 1. The molecule has 0 aliphatic carbocycles. The number of aromatic amines is 1. The van der Waals surface area contributed by atoms with Crippen molar-refractivity contribution in [1.29, 1.82) is 0 Å². The monoisotopic (exact) mass is 231 g/mol. The van der Waals surface area contributed by atoms with Crippen molar-refractivity contribution in [2.24, 2.45) is 0 Å². The molecule has 0 radical (unpaired) electrons. The molecule has 0 saturated carbocycles. The van der Waals surface area contributed by atoms with E-state index in [0.29, 0.717) is 22.6 Å². The summed E-state index contributed by atoms with van der Waals surface area (Å²) in [7, 11) is 0. The van der Waals surface area contributed by atoms with Crippen LogP contribution in [0.15, 0.2) is 29.1 Å². The average molecular weight is 231 g/mol. The highest BCUT2D eigenvalue weighted by Gasteiger charge is 2.15. The fourth-order valence-electron chi connectivity index (χ4n) is 1.70. The summed E-state index contributed by atoms with van der Waals surface area (Å²) in [6, 6.07) is 6.80. The van der Waals surface area contributed by atoms with E-state index in [9.17, 15) is 4.79 Å². The number of ether oxygens (including phenoxy) is 2. The third kappa shape index (κ3) is 1.59. The number of nitrogen functional groups attached to an aromatic ring is 1. The molecule has 0 bridgehead atoms. The third-order valence-corrected chi connectivity index (χ3v) is 2.51. The van der Waals surface area contributed by atoms with Crippen LogP contribution in [0.2, 0.25) is 0 Å². The topological polar surface area (TPSA) is 90.2 Å². The van der Waals surface area contributed by atoms with Gasteiger partial charge < -0.3 is 15.2 Å². The molecule has 6 heteroatoms. The van der Waals surface area contributed by atoms with E-state index in [-0.39, 0.29) is 18.2 Å². The smallest absolute Gasteiger partial charge is 0.272 e. The number of anilines is 1. The molecule has 0 amide bonds. The molecular weight excluding hydrogens is 222 g/mol. The minimum atomic E-state index is -0.293. The van der Waals surface area contributed by atoms with Gasteiger partial charge in [0, 0.05) is 0 Å². The van der Waals surface area contributed by atoms with Gasteiger partial charge in [0.05, 0.1) is 5.56 Å². The first kappa shape index (κ1) is 9.71. The van der Waals surface area contributed by atoms with E-state index in [1.807, 2.05) is 0 Å². The van der Waals surface area contributed by atoms with E-state index in [1.165, 1.54) is 6.07 Å². The number of rotatable bonds is 1. The maximum Gasteiger partial charge on any atom is 0.272 e. The molecule has 1 aliphatic rings. The van der Waals surface area contributed by atoms with Crippen LogP contribution < -0.4 is 20.8 Å². The molecule has 0 spiro atoms. The van der Waals surface area contributed by atoms with Crippen molar-refractivity contribution in [2.45, 2.75) is 0 Å². The largest absolute Gasteiger partial charge is 0.454 e. The minimum Gasteiger partial charge on any atom is -0.454 e. The Morgan fingerprint density at radius 2 is 2.06 bits per heavy atom. The molecule has 3 N–H and O–H groups in total. The van der Waals surface area contributed by atoms with Crippen LogP contribution in [0.4, 0.5) is 5.82 Å². The zero-order valence-corrected chi connectivity index (χ0v) is 8.77. The molecule has 0 saturated heterocycles. The summed E-state index contributed by atoms with van der Waals surface area (Å²) in [5.41, 5.74) is 6.41. The number of benzene rings is 1. The Kier molecular flexibility index (Phi) is 2.01. The van der Waals surface area contributed by atoms with Gasteiger partial charge in [-0.3, -0.25) is 4.79 Å². The predicted octanol–water partition coefficient (Wildman–Crippen LogP) is 0.748. The number of nitrogens with zero attached hydrogens (tertiary/aromatic N) is 1. The van der Waals surface area contributed by atoms with Crippen LogP contribution in [0, 0.1) is 0 Å². The quantitative estimate of drug-likeness (QED) is 0.755. The molecule has 1 aromatic carbocycles. The molecule has 2 aromatic rings. The van der Waals surface area contributed by atoms with Gasteiger partial charge in [0.15, 0.2) is 11.5 Å². The molecule has 6 nitrogen and oxygen atoms in total. The van der Waals surface area contributed by atoms with Crippen molar-refractivity contribution in [3.63, 3.8) is 0 Å². The molecule has 2 heterocycles. The molecule has 86 valence electrons. The Labute approximate surface area is 96.0 Å². The predicted molar refractivity (Wildman–Crippen MR) is 60.8 cm³/mol. The Morgan fingerprint density at radius 1 is 1.24 bits per heavy atom. The lowest BCUT2D eigenvalue weighted by molar-refractivity contribution is 0.174. The SMILES string of the molecule is Nc1cc(-c2ccc3c(c2)OCO3)c(=O)[nH]n1. The zero-order chi connectivity index (χ0) is 11.8. The van der Waals surface area contributed by atoms with Crippen molar-refractivity contribution in [3.8, 4) is 22.6 Å². The Balaban J connectivity index is 2.15. The highest BCUT2D eigenvalue weighted by atomic mass is 16.7. The van der Waals surface area contributed by atoms with Gasteiger partial charge in [-0.2, -0.15) is 5.10 Å². The average Bonchev–Trinajstić information content (AvgIpc) is 2.79. The van der Waals surface area contributed by atoms with Crippen molar-refractivity contribution in [1.82, 2.24) is 10.2 Å². The number of hydrogen-bond donors (Lipinski definition) is 2. The highest BCUT2D eigenvalue weighted by Crippen LogP contribution is 2.35. The van der Waals surface area contributed by atoms with Crippen LogP contribution in [-0.4, -0.2) is 17.0 Å². The molecule has 17 heavy (non-hydrogen) atoms. The maximum absolute atomic E-state index is 11.6. The van der Waals surface area contributed by atoms with Crippen molar-refractivity contribution >= 4 is 5.82 Å². The number of H-pyrrole nitrogens is 1. The lowest BCUT2D eigenvalue weighted by Gasteiger charge is -2.02. The fourth-order valence-corrected chi connectivity index (χ4v) is 1.70. The molecule has 1 aliphatic heterocycles.